The van der Waals surface area contributed by atoms with Gasteiger partial charge in [0.05, 0.1) is 16.9 Å². The van der Waals surface area contributed by atoms with Crippen LogP contribution in [0.5, 0.6) is 0 Å². The second-order valence-electron chi connectivity index (χ2n) is 4.49. The number of nitrogens with two attached hydrogens (primary N) is 1. The predicted octanol–water partition coefficient (Wildman–Crippen LogP) is 3.40. The topological polar surface area (TPSA) is 72.4 Å². The zero-order valence-electron chi connectivity index (χ0n) is 11.5. The molecule has 0 aliphatic heterocycles. The van der Waals surface area contributed by atoms with Crippen molar-refractivity contribution >= 4 is 35.4 Å². The van der Waals surface area contributed by atoms with Gasteiger partial charge in [0.15, 0.2) is 0 Å². The smallest absolute Gasteiger partial charge is 0.332 e. The number of hydrogen-bond acceptors (Lipinski definition) is 2. The number of halogens is 2. The van der Waals surface area contributed by atoms with Crippen molar-refractivity contribution in [3.8, 4) is 5.69 Å². The van der Waals surface area contributed by atoms with Gasteiger partial charge in [-0.25, -0.2) is 10.2 Å². The van der Waals surface area contributed by atoms with Crippen LogP contribution < -0.4 is 11.2 Å². The van der Waals surface area contributed by atoms with Gasteiger partial charge in [-0.1, -0.05) is 23.2 Å². The molecule has 0 atom stereocenters. The molecule has 2 aromatic rings. The highest BCUT2D eigenvalue weighted by Crippen LogP contribution is 2.28. The van der Waals surface area contributed by atoms with Gasteiger partial charge < -0.3 is 10.3 Å². The van der Waals surface area contributed by atoms with Gasteiger partial charge >= 0.3 is 6.03 Å². The van der Waals surface area contributed by atoms with Gasteiger partial charge in [-0.2, -0.15) is 5.10 Å². The molecule has 7 heteroatoms. The molecule has 0 aliphatic carbocycles. The van der Waals surface area contributed by atoms with Crippen molar-refractivity contribution in [3.05, 3.63) is 51.3 Å². The molecule has 2 amide bonds. The lowest BCUT2D eigenvalue weighted by Gasteiger charge is -2.12. The average Bonchev–Trinajstić information content (AvgIpc) is 2.67. The largest absolute Gasteiger partial charge is 0.350 e. The number of benzene rings is 1. The number of amides is 2. The van der Waals surface area contributed by atoms with Gasteiger partial charge in [0.25, 0.3) is 0 Å². The quantitative estimate of drug-likeness (QED) is 0.659. The van der Waals surface area contributed by atoms with E-state index in [-0.39, 0.29) is 0 Å². The highest BCUT2D eigenvalue weighted by atomic mass is 35.5. The minimum atomic E-state index is -0.710. The van der Waals surface area contributed by atoms with Crippen LogP contribution >= 0.6 is 23.2 Å². The van der Waals surface area contributed by atoms with E-state index < -0.39 is 6.03 Å². The number of primary amides is 1. The number of nitrogens with one attached hydrogen (secondary N) is 1. The molecule has 0 saturated heterocycles. The van der Waals surface area contributed by atoms with Gasteiger partial charge in [-0.3, -0.25) is 0 Å². The highest BCUT2D eigenvalue weighted by Gasteiger charge is 2.12. The lowest BCUT2D eigenvalue weighted by Crippen LogP contribution is -2.24. The summed E-state index contributed by atoms with van der Waals surface area (Å²) in [5, 5.41) is 4.97. The molecular weight excluding hydrogens is 311 g/mol. The summed E-state index contributed by atoms with van der Waals surface area (Å²) in [6.07, 6.45) is 1.53. The standard InChI is InChI=1S/C14H14Cl2N4O/c1-8-5-10(7-18-19-14(17)21)9(2)20(8)13-6-11(15)3-4-12(13)16/h3-7H,1-2H3,(H3,17,19,21). The molecule has 0 spiro atoms. The molecule has 1 aromatic heterocycles. The van der Waals surface area contributed by atoms with Gasteiger partial charge in [-0.05, 0) is 38.1 Å². The van der Waals surface area contributed by atoms with E-state index in [1.165, 1.54) is 6.21 Å². The maximum Gasteiger partial charge on any atom is 0.332 e. The van der Waals surface area contributed by atoms with Crippen LogP contribution in [0.3, 0.4) is 0 Å². The van der Waals surface area contributed by atoms with Crippen molar-refractivity contribution in [1.82, 2.24) is 9.99 Å². The van der Waals surface area contributed by atoms with Crippen molar-refractivity contribution < 1.29 is 4.79 Å². The zero-order chi connectivity index (χ0) is 15.6. The number of rotatable bonds is 3. The summed E-state index contributed by atoms with van der Waals surface area (Å²) in [6, 6.07) is 6.50. The maximum absolute atomic E-state index is 10.6. The third kappa shape index (κ3) is 3.37. The van der Waals surface area contributed by atoms with Crippen LogP contribution in [0.4, 0.5) is 4.79 Å². The van der Waals surface area contributed by atoms with E-state index in [1.54, 1.807) is 18.2 Å². The fourth-order valence-corrected chi connectivity index (χ4v) is 2.48. The number of carbonyl (C=O) groups is 1. The molecular formula is C14H14Cl2N4O. The van der Waals surface area contributed by atoms with E-state index in [1.807, 2.05) is 24.5 Å². The minimum Gasteiger partial charge on any atom is -0.350 e. The highest BCUT2D eigenvalue weighted by molar-refractivity contribution is 6.34. The Bertz CT molecular complexity index is 722. The normalized spacial score (nSPS) is 11.0. The number of nitrogens with zero attached hydrogens (tertiary/aromatic N) is 2. The predicted molar refractivity (Wildman–Crippen MR) is 85.6 cm³/mol. The first-order chi connectivity index (χ1) is 9.90. The van der Waals surface area contributed by atoms with Crippen LogP contribution in [0.15, 0.2) is 29.4 Å². The summed E-state index contributed by atoms with van der Waals surface area (Å²) in [5.41, 5.74) is 10.6. The monoisotopic (exact) mass is 324 g/mol. The number of urea groups is 1. The second kappa shape index (κ2) is 6.20. The van der Waals surface area contributed by atoms with Crippen molar-refractivity contribution in [3.63, 3.8) is 0 Å². The molecule has 21 heavy (non-hydrogen) atoms. The lowest BCUT2D eigenvalue weighted by atomic mass is 10.2. The summed E-state index contributed by atoms with van der Waals surface area (Å²) in [4.78, 5) is 10.6. The molecule has 1 heterocycles. The molecule has 5 nitrogen and oxygen atoms in total. The Morgan fingerprint density at radius 3 is 2.71 bits per heavy atom. The molecule has 0 fully saturated rings. The Kier molecular flexibility index (Phi) is 4.55. The molecule has 0 radical (unpaired) electrons. The molecule has 0 aliphatic rings. The Morgan fingerprint density at radius 1 is 1.33 bits per heavy atom. The third-order valence-electron chi connectivity index (χ3n) is 3.00. The number of aryl methyl sites for hydroxylation is 1. The summed E-state index contributed by atoms with van der Waals surface area (Å²) in [7, 11) is 0. The fourth-order valence-electron chi connectivity index (χ4n) is 2.11. The first-order valence-corrected chi connectivity index (χ1v) is 6.88. The Labute approximate surface area is 132 Å². The maximum atomic E-state index is 10.6. The van der Waals surface area contributed by atoms with E-state index in [4.69, 9.17) is 28.9 Å². The van der Waals surface area contributed by atoms with E-state index in [0.717, 1.165) is 22.6 Å². The fraction of sp³-hybridized carbons (Fsp3) is 0.143. The van der Waals surface area contributed by atoms with Gasteiger partial charge in [-0.15, -0.1) is 0 Å². The minimum absolute atomic E-state index is 0.597. The number of carbonyl (C=O) groups excluding carboxylic acids is 1. The molecule has 0 unspecified atom stereocenters. The van der Waals surface area contributed by atoms with Gasteiger partial charge in [0.1, 0.15) is 0 Å². The van der Waals surface area contributed by atoms with Crippen LogP contribution in [0.2, 0.25) is 10.0 Å². The van der Waals surface area contributed by atoms with Crippen molar-refractivity contribution in [2.45, 2.75) is 13.8 Å². The molecule has 1 aromatic carbocycles. The van der Waals surface area contributed by atoms with Crippen molar-refractivity contribution in [2.24, 2.45) is 10.8 Å². The van der Waals surface area contributed by atoms with Gasteiger partial charge in [0, 0.05) is 22.0 Å². The molecule has 2 rings (SSSR count). The summed E-state index contributed by atoms with van der Waals surface area (Å²) in [5.74, 6) is 0. The van der Waals surface area contributed by atoms with Crippen LogP contribution in [-0.4, -0.2) is 16.8 Å². The van der Waals surface area contributed by atoms with E-state index in [0.29, 0.717) is 10.0 Å². The SMILES string of the molecule is Cc1cc(C=NNC(N)=O)c(C)n1-c1cc(Cl)ccc1Cl. The average molecular weight is 325 g/mol. The Balaban J connectivity index is 2.46. The van der Waals surface area contributed by atoms with Gasteiger partial charge in [0.2, 0.25) is 0 Å². The van der Waals surface area contributed by atoms with Crippen LogP contribution in [0.1, 0.15) is 17.0 Å². The summed E-state index contributed by atoms with van der Waals surface area (Å²) >= 11 is 12.3. The molecule has 3 N–H and O–H groups in total. The first kappa shape index (κ1) is 15.4. The van der Waals surface area contributed by atoms with Crippen LogP contribution in [0, 0.1) is 13.8 Å². The van der Waals surface area contributed by atoms with Crippen molar-refractivity contribution in [2.75, 3.05) is 0 Å². The van der Waals surface area contributed by atoms with Crippen LogP contribution in [-0.2, 0) is 0 Å². The molecule has 0 saturated carbocycles. The summed E-state index contributed by atoms with van der Waals surface area (Å²) < 4.78 is 1.97. The van der Waals surface area contributed by atoms with Crippen LogP contribution in [0.25, 0.3) is 5.69 Å². The number of hydrogen-bond donors (Lipinski definition) is 2. The molecule has 110 valence electrons. The van der Waals surface area contributed by atoms with E-state index >= 15 is 0 Å². The summed E-state index contributed by atoms with van der Waals surface area (Å²) in [6.45, 7) is 3.87. The lowest BCUT2D eigenvalue weighted by molar-refractivity contribution is 0.249. The third-order valence-corrected chi connectivity index (χ3v) is 3.55. The van der Waals surface area contributed by atoms with E-state index in [9.17, 15) is 4.79 Å². The first-order valence-electron chi connectivity index (χ1n) is 6.13. The van der Waals surface area contributed by atoms with Crippen molar-refractivity contribution in [1.29, 1.82) is 0 Å². The second-order valence-corrected chi connectivity index (χ2v) is 5.34. The number of aromatic nitrogens is 1. The zero-order valence-corrected chi connectivity index (χ0v) is 13.0. The number of hydrazone groups is 1. The Morgan fingerprint density at radius 2 is 2.05 bits per heavy atom. The Hall–Kier alpha value is -1.98. The van der Waals surface area contributed by atoms with E-state index in [2.05, 4.69) is 10.5 Å². The molecule has 0 bridgehead atoms.